The number of piperidine rings is 1. The Bertz CT molecular complexity index is 368. The quantitative estimate of drug-likeness (QED) is 0.724. The molecule has 0 saturated carbocycles. The van der Waals surface area contributed by atoms with Gasteiger partial charge in [-0.1, -0.05) is 0 Å². The molecule has 0 unspecified atom stereocenters. The second-order valence-electron chi connectivity index (χ2n) is 3.90. The van der Waals surface area contributed by atoms with Crippen molar-refractivity contribution in [3.63, 3.8) is 0 Å². The first-order chi connectivity index (χ1) is 7.61. The number of carbonyl (C=O) groups excluding carboxylic acids is 1. The Labute approximate surface area is 92.1 Å². The summed E-state index contributed by atoms with van der Waals surface area (Å²) in [5.74, 6) is -2.54. The lowest BCUT2D eigenvalue weighted by Gasteiger charge is -2.33. The molecule has 0 bridgehead atoms. The maximum atomic E-state index is 12.9. The van der Waals surface area contributed by atoms with Crippen LogP contribution in [0.2, 0.25) is 0 Å². The number of nitrogens with zero attached hydrogens (tertiary/aromatic N) is 2. The zero-order valence-corrected chi connectivity index (χ0v) is 8.70. The summed E-state index contributed by atoms with van der Waals surface area (Å²) in [6, 6.07) is 3.33. The highest BCUT2D eigenvalue weighted by molar-refractivity contribution is 5.72. The molecule has 2 rings (SSSR count). The normalized spacial score (nSPS) is 19.5. The summed E-state index contributed by atoms with van der Waals surface area (Å²) in [4.78, 5) is 16.2. The molecule has 1 aliphatic rings. The van der Waals surface area contributed by atoms with Gasteiger partial charge in [-0.15, -0.1) is 0 Å². The van der Waals surface area contributed by atoms with Crippen molar-refractivity contribution in [3.8, 4) is 0 Å². The summed E-state index contributed by atoms with van der Waals surface area (Å²) in [5.41, 5.74) is 1.15. The maximum Gasteiger partial charge on any atom is 0.251 e. The summed E-state index contributed by atoms with van der Waals surface area (Å²) in [6.07, 6.45) is 1.96. The summed E-state index contributed by atoms with van der Waals surface area (Å²) >= 11 is 0. The number of halogens is 2. The molecule has 1 aromatic heterocycles. The minimum atomic E-state index is -2.54. The third-order valence-electron chi connectivity index (χ3n) is 2.75. The van der Waals surface area contributed by atoms with Crippen LogP contribution in [0, 0.1) is 0 Å². The molecule has 0 spiro atoms. The van der Waals surface area contributed by atoms with Crippen molar-refractivity contribution in [2.45, 2.75) is 18.8 Å². The van der Waals surface area contributed by atoms with E-state index in [4.69, 9.17) is 0 Å². The fourth-order valence-electron chi connectivity index (χ4n) is 1.75. The van der Waals surface area contributed by atoms with Gasteiger partial charge in [-0.25, -0.2) is 8.78 Å². The topological polar surface area (TPSA) is 33.2 Å². The molecule has 16 heavy (non-hydrogen) atoms. The van der Waals surface area contributed by atoms with Crippen LogP contribution in [0.5, 0.6) is 0 Å². The van der Waals surface area contributed by atoms with E-state index >= 15 is 0 Å². The highest BCUT2D eigenvalue weighted by Gasteiger charge is 2.33. The minimum Gasteiger partial charge on any atom is -0.370 e. The monoisotopic (exact) mass is 226 g/mol. The SMILES string of the molecule is O=Cc1ccc(N2CCC(F)(F)CC2)cn1. The van der Waals surface area contributed by atoms with Crippen LogP contribution in [0.15, 0.2) is 18.3 Å². The zero-order chi connectivity index (χ0) is 11.6. The van der Waals surface area contributed by atoms with Crippen LogP contribution < -0.4 is 4.90 Å². The van der Waals surface area contributed by atoms with E-state index in [1.54, 1.807) is 18.3 Å². The van der Waals surface area contributed by atoms with Gasteiger partial charge in [0.1, 0.15) is 5.69 Å². The fourth-order valence-corrected chi connectivity index (χ4v) is 1.75. The average molecular weight is 226 g/mol. The summed E-state index contributed by atoms with van der Waals surface area (Å²) in [6.45, 7) is 0.657. The van der Waals surface area contributed by atoms with E-state index < -0.39 is 5.92 Å². The number of aldehydes is 1. The Morgan fingerprint density at radius 1 is 1.31 bits per heavy atom. The first kappa shape index (κ1) is 11.0. The van der Waals surface area contributed by atoms with Gasteiger partial charge in [0.05, 0.1) is 11.9 Å². The molecule has 1 aliphatic heterocycles. The summed E-state index contributed by atoms with van der Waals surface area (Å²) in [7, 11) is 0. The first-order valence-corrected chi connectivity index (χ1v) is 5.15. The Kier molecular flexibility index (Phi) is 2.85. The highest BCUT2D eigenvalue weighted by Crippen LogP contribution is 2.29. The number of rotatable bonds is 2. The van der Waals surface area contributed by atoms with Crippen molar-refractivity contribution in [1.29, 1.82) is 0 Å². The number of pyridine rings is 1. The smallest absolute Gasteiger partial charge is 0.251 e. The van der Waals surface area contributed by atoms with Crippen LogP contribution in [0.25, 0.3) is 0 Å². The summed E-state index contributed by atoms with van der Waals surface area (Å²) in [5, 5.41) is 0. The number of aromatic nitrogens is 1. The third-order valence-corrected chi connectivity index (χ3v) is 2.75. The molecular formula is C11H12F2N2O. The first-order valence-electron chi connectivity index (χ1n) is 5.15. The van der Waals surface area contributed by atoms with E-state index in [1.807, 2.05) is 4.90 Å². The second kappa shape index (κ2) is 4.15. The van der Waals surface area contributed by atoms with Crippen molar-refractivity contribution < 1.29 is 13.6 Å². The lowest BCUT2D eigenvalue weighted by atomic mass is 10.1. The van der Waals surface area contributed by atoms with Crippen LogP contribution >= 0.6 is 0 Å². The van der Waals surface area contributed by atoms with Crippen LogP contribution in [0.3, 0.4) is 0 Å². The number of hydrogen-bond donors (Lipinski definition) is 0. The number of anilines is 1. The number of hydrogen-bond acceptors (Lipinski definition) is 3. The summed E-state index contributed by atoms with van der Waals surface area (Å²) < 4.78 is 25.8. The zero-order valence-electron chi connectivity index (χ0n) is 8.70. The van der Waals surface area contributed by atoms with Gasteiger partial charge in [-0.3, -0.25) is 9.78 Å². The molecule has 0 amide bonds. The van der Waals surface area contributed by atoms with E-state index in [1.165, 1.54) is 0 Å². The molecule has 2 heterocycles. The van der Waals surface area contributed by atoms with Crippen molar-refractivity contribution >= 4 is 12.0 Å². The van der Waals surface area contributed by atoms with Gasteiger partial charge >= 0.3 is 0 Å². The second-order valence-corrected chi connectivity index (χ2v) is 3.90. The lowest BCUT2D eigenvalue weighted by molar-refractivity contribution is -0.0220. The molecule has 1 aromatic rings. The molecule has 0 atom stereocenters. The third kappa shape index (κ3) is 2.35. The molecule has 0 aromatic carbocycles. The standard InChI is InChI=1S/C11H12F2N2O/c12-11(13)3-5-15(6-4-11)10-2-1-9(8-16)14-7-10/h1-2,7-8H,3-6H2. The Morgan fingerprint density at radius 2 is 2.00 bits per heavy atom. The van der Waals surface area contributed by atoms with Crippen molar-refractivity contribution in [3.05, 3.63) is 24.0 Å². The van der Waals surface area contributed by atoms with Crippen molar-refractivity contribution in [2.24, 2.45) is 0 Å². The number of alkyl halides is 2. The Morgan fingerprint density at radius 3 is 2.50 bits per heavy atom. The van der Waals surface area contributed by atoms with E-state index in [-0.39, 0.29) is 12.8 Å². The van der Waals surface area contributed by atoms with Gasteiger partial charge in [0.25, 0.3) is 5.92 Å². The number of carbonyl (C=O) groups is 1. The molecule has 5 heteroatoms. The molecule has 0 radical (unpaired) electrons. The molecule has 86 valence electrons. The molecule has 0 aliphatic carbocycles. The highest BCUT2D eigenvalue weighted by atomic mass is 19.3. The van der Waals surface area contributed by atoms with Crippen molar-refractivity contribution in [1.82, 2.24) is 4.98 Å². The Hall–Kier alpha value is -1.52. The average Bonchev–Trinajstić information content (AvgIpc) is 2.29. The largest absolute Gasteiger partial charge is 0.370 e. The molecule has 0 N–H and O–H groups in total. The van der Waals surface area contributed by atoms with Crippen LogP contribution in [-0.2, 0) is 0 Å². The van der Waals surface area contributed by atoms with Gasteiger partial charge in [-0.05, 0) is 12.1 Å². The van der Waals surface area contributed by atoms with Gasteiger partial charge in [0.2, 0.25) is 0 Å². The molecule has 1 saturated heterocycles. The maximum absolute atomic E-state index is 12.9. The van der Waals surface area contributed by atoms with Gasteiger partial charge in [-0.2, -0.15) is 0 Å². The predicted molar refractivity (Wildman–Crippen MR) is 56.0 cm³/mol. The van der Waals surface area contributed by atoms with Crippen LogP contribution in [0.4, 0.5) is 14.5 Å². The minimum absolute atomic E-state index is 0.123. The van der Waals surface area contributed by atoms with Gasteiger partial charge in [0, 0.05) is 25.9 Å². The van der Waals surface area contributed by atoms with Crippen molar-refractivity contribution in [2.75, 3.05) is 18.0 Å². The Balaban J connectivity index is 2.05. The van der Waals surface area contributed by atoms with E-state index in [9.17, 15) is 13.6 Å². The van der Waals surface area contributed by atoms with Crippen LogP contribution in [-0.4, -0.2) is 30.3 Å². The van der Waals surface area contributed by atoms with Gasteiger partial charge in [0.15, 0.2) is 6.29 Å². The molecule has 3 nitrogen and oxygen atoms in total. The van der Waals surface area contributed by atoms with E-state index in [0.717, 1.165) is 5.69 Å². The fraction of sp³-hybridized carbons (Fsp3) is 0.455. The molecule has 1 fully saturated rings. The van der Waals surface area contributed by atoms with E-state index in [2.05, 4.69) is 4.98 Å². The lowest BCUT2D eigenvalue weighted by Crippen LogP contribution is -2.39. The van der Waals surface area contributed by atoms with Crippen LogP contribution in [0.1, 0.15) is 23.3 Å². The predicted octanol–water partition coefficient (Wildman–Crippen LogP) is 2.13. The van der Waals surface area contributed by atoms with Gasteiger partial charge < -0.3 is 4.90 Å². The molecular weight excluding hydrogens is 214 g/mol. The van der Waals surface area contributed by atoms with E-state index in [0.29, 0.717) is 25.1 Å².